The number of allylic oxidation sites excluding steroid dienone is 6. The Hall–Kier alpha value is -2.53. The van der Waals surface area contributed by atoms with Crippen LogP contribution in [0.5, 0.6) is 11.6 Å². The van der Waals surface area contributed by atoms with Crippen molar-refractivity contribution >= 4 is 0 Å². The second kappa shape index (κ2) is 13.9. The van der Waals surface area contributed by atoms with Crippen molar-refractivity contribution in [3.05, 3.63) is 68.6 Å². The van der Waals surface area contributed by atoms with Gasteiger partial charge in [0.2, 0.25) is 17.1 Å². The van der Waals surface area contributed by atoms with Crippen LogP contribution in [-0.4, -0.2) is 32.4 Å². The minimum atomic E-state index is -0.142. The maximum absolute atomic E-state index is 12.5. The van der Waals surface area contributed by atoms with Gasteiger partial charge in [0.05, 0.1) is 20.3 Å². The van der Waals surface area contributed by atoms with E-state index >= 15 is 0 Å². The Labute approximate surface area is 200 Å². The van der Waals surface area contributed by atoms with E-state index in [0.717, 1.165) is 12.1 Å². The van der Waals surface area contributed by atoms with Crippen molar-refractivity contribution in [3.8, 4) is 11.6 Å². The summed E-state index contributed by atoms with van der Waals surface area (Å²) in [6.45, 7) is 14.7. The highest BCUT2D eigenvalue weighted by atomic mass is 16.5. The molecular weight excluding hydrogens is 414 g/mol. The Kier molecular flexibility index (Phi) is 12.0. The summed E-state index contributed by atoms with van der Waals surface area (Å²) in [5.41, 5.74) is 5.06. The summed E-state index contributed by atoms with van der Waals surface area (Å²) in [7, 11) is 4.77. The van der Waals surface area contributed by atoms with Crippen molar-refractivity contribution < 1.29 is 14.2 Å². The highest BCUT2D eigenvalue weighted by Gasteiger charge is 2.17. The maximum atomic E-state index is 12.5. The van der Waals surface area contributed by atoms with Gasteiger partial charge in [0, 0.05) is 30.7 Å². The summed E-state index contributed by atoms with van der Waals surface area (Å²) in [6, 6.07) is 0. The molecule has 0 radical (unpaired) electrons. The van der Waals surface area contributed by atoms with Crippen molar-refractivity contribution in [1.82, 2.24) is 4.98 Å². The number of aromatic nitrogens is 1. The number of hydrogen-bond acceptors (Lipinski definition) is 4. The number of ether oxygens (including phenoxy) is 3. The normalized spacial score (nSPS) is 15.3. The van der Waals surface area contributed by atoms with E-state index < -0.39 is 0 Å². The van der Waals surface area contributed by atoms with E-state index in [1.165, 1.54) is 30.9 Å². The second-order valence-electron chi connectivity index (χ2n) is 9.07. The molecule has 1 rings (SSSR count). The smallest absolute Gasteiger partial charge is 0.238 e. The van der Waals surface area contributed by atoms with Crippen LogP contribution in [0.25, 0.3) is 0 Å². The average Bonchev–Trinajstić information content (AvgIpc) is 2.74. The van der Waals surface area contributed by atoms with Gasteiger partial charge in [0.25, 0.3) is 0 Å². The Morgan fingerprint density at radius 3 is 2.24 bits per heavy atom. The van der Waals surface area contributed by atoms with Crippen molar-refractivity contribution in [2.45, 2.75) is 67.4 Å². The Balaban J connectivity index is 2.83. The standard InChI is InChI=1S/C28H43NO4/c1-18(2)16-21(5)26(31-8)22(6)17-20(4)13-11-12-19(3)14-15-24-23(7)25(30)27(32-9)28(29-24)33-10/h11,13-14,16-18,22,26H,12,15H2,1-10H3,(H,29,30)/b13-11+,19-14+,20-17+,21-16+/t22-,26+/m1/s1. The van der Waals surface area contributed by atoms with E-state index in [1.54, 1.807) is 14.0 Å². The van der Waals surface area contributed by atoms with Gasteiger partial charge in [-0.1, -0.05) is 62.3 Å². The molecule has 0 saturated carbocycles. The third-order valence-corrected chi connectivity index (χ3v) is 5.66. The van der Waals surface area contributed by atoms with Crippen LogP contribution in [-0.2, 0) is 11.2 Å². The van der Waals surface area contributed by atoms with Crippen molar-refractivity contribution in [3.63, 3.8) is 0 Å². The van der Waals surface area contributed by atoms with Crippen molar-refractivity contribution in [2.24, 2.45) is 11.8 Å². The lowest BCUT2D eigenvalue weighted by Gasteiger charge is -2.22. The Morgan fingerprint density at radius 2 is 1.70 bits per heavy atom. The quantitative estimate of drug-likeness (QED) is 0.294. The first-order valence-electron chi connectivity index (χ1n) is 11.6. The first-order chi connectivity index (χ1) is 15.5. The summed E-state index contributed by atoms with van der Waals surface area (Å²) in [5.74, 6) is 1.37. The zero-order valence-electron chi connectivity index (χ0n) is 22.2. The molecule has 0 fully saturated rings. The number of nitrogens with one attached hydrogen (secondary N) is 1. The monoisotopic (exact) mass is 457 g/mol. The molecule has 1 N–H and O–H groups in total. The largest absolute Gasteiger partial charge is 0.488 e. The second-order valence-corrected chi connectivity index (χ2v) is 9.07. The van der Waals surface area contributed by atoms with Crippen LogP contribution in [0.1, 0.15) is 59.2 Å². The minimum Gasteiger partial charge on any atom is -0.488 e. The SMILES string of the molecule is COc1[nH]c(C/C=C(\C)C/C=C/C(C)=C/[C@@H](C)[C@@H](OC)/C(C)=C/C(C)C)c(C)c(=O)c1OC. The molecule has 184 valence electrons. The third-order valence-electron chi connectivity index (χ3n) is 5.66. The predicted molar refractivity (Wildman–Crippen MR) is 138 cm³/mol. The van der Waals surface area contributed by atoms with Gasteiger partial charge in [-0.05, 0) is 45.6 Å². The highest BCUT2D eigenvalue weighted by Crippen LogP contribution is 2.23. The van der Waals surface area contributed by atoms with E-state index in [4.69, 9.17) is 14.2 Å². The number of aromatic amines is 1. The van der Waals surface area contributed by atoms with Crippen LogP contribution in [0, 0.1) is 18.8 Å². The molecule has 0 unspecified atom stereocenters. The molecule has 0 bridgehead atoms. The molecule has 1 aromatic heterocycles. The number of hydrogen-bond donors (Lipinski definition) is 1. The molecule has 0 amide bonds. The summed E-state index contributed by atoms with van der Waals surface area (Å²) in [5, 5.41) is 0. The molecular formula is C28H43NO4. The van der Waals surface area contributed by atoms with Gasteiger partial charge in [0.1, 0.15) is 0 Å². The highest BCUT2D eigenvalue weighted by molar-refractivity contribution is 5.40. The van der Waals surface area contributed by atoms with Crippen LogP contribution in [0.3, 0.4) is 0 Å². The maximum Gasteiger partial charge on any atom is 0.238 e. The zero-order valence-corrected chi connectivity index (χ0v) is 22.2. The molecule has 1 aromatic rings. The molecule has 5 heteroatoms. The fourth-order valence-corrected chi connectivity index (χ4v) is 4.02. The third kappa shape index (κ3) is 8.73. The lowest BCUT2D eigenvalue weighted by molar-refractivity contribution is 0.103. The fraction of sp³-hybridized carbons (Fsp3) is 0.536. The van der Waals surface area contributed by atoms with Crippen LogP contribution in [0.4, 0.5) is 0 Å². The fourth-order valence-electron chi connectivity index (χ4n) is 4.02. The molecule has 5 nitrogen and oxygen atoms in total. The van der Waals surface area contributed by atoms with Crippen LogP contribution in [0.2, 0.25) is 0 Å². The molecule has 1 heterocycles. The van der Waals surface area contributed by atoms with E-state index in [0.29, 0.717) is 23.8 Å². The average molecular weight is 458 g/mol. The number of rotatable bonds is 12. The molecule has 0 saturated heterocycles. The van der Waals surface area contributed by atoms with Gasteiger partial charge < -0.3 is 19.2 Å². The van der Waals surface area contributed by atoms with Crippen LogP contribution in [0.15, 0.2) is 51.9 Å². The van der Waals surface area contributed by atoms with E-state index in [-0.39, 0.29) is 23.2 Å². The molecule has 0 aromatic carbocycles. The van der Waals surface area contributed by atoms with Crippen molar-refractivity contribution in [2.75, 3.05) is 21.3 Å². The lowest BCUT2D eigenvalue weighted by Crippen LogP contribution is -2.21. The lowest BCUT2D eigenvalue weighted by atomic mass is 9.94. The molecule has 0 aliphatic heterocycles. The van der Waals surface area contributed by atoms with Crippen LogP contribution >= 0.6 is 0 Å². The van der Waals surface area contributed by atoms with E-state index in [2.05, 4.69) is 76.9 Å². The molecule has 2 atom stereocenters. The Bertz CT molecular complexity index is 947. The predicted octanol–water partition coefficient (Wildman–Crippen LogP) is 6.34. The molecule has 0 spiro atoms. The van der Waals surface area contributed by atoms with Gasteiger partial charge in [-0.2, -0.15) is 0 Å². The zero-order chi connectivity index (χ0) is 25.1. The van der Waals surface area contributed by atoms with Crippen molar-refractivity contribution in [1.29, 1.82) is 0 Å². The van der Waals surface area contributed by atoms with E-state index in [1.807, 2.05) is 0 Å². The minimum absolute atomic E-state index is 0.0873. The van der Waals surface area contributed by atoms with Gasteiger partial charge >= 0.3 is 0 Å². The molecule has 33 heavy (non-hydrogen) atoms. The van der Waals surface area contributed by atoms with E-state index in [9.17, 15) is 4.79 Å². The van der Waals surface area contributed by atoms with Gasteiger partial charge in [-0.15, -0.1) is 0 Å². The summed E-state index contributed by atoms with van der Waals surface area (Å²) >= 11 is 0. The molecule has 0 aliphatic rings. The van der Waals surface area contributed by atoms with Gasteiger partial charge in [-0.3, -0.25) is 4.79 Å². The van der Waals surface area contributed by atoms with Crippen LogP contribution < -0.4 is 14.9 Å². The first-order valence-corrected chi connectivity index (χ1v) is 11.6. The molecule has 0 aliphatic carbocycles. The number of pyridine rings is 1. The summed E-state index contributed by atoms with van der Waals surface area (Å²) in [4.78, 5) is 15.6. The first kappa shape index (κ1) is 28.5. The summed E-state index contributed by atoms with van der Waals surface area (Å²) in [6.07, 6.45) is 12.6. The topological polar surface area (TPSA) is 60.5 Å². The Morgan fingerprint density at radius 1 is 1.03 bits per heavy atom. The number of methoxy groups -OCH3 is 3. The van der Waals surface area contributed by atoms with Gasteiger partial charge in [0.15, 0.2) is 0 Å². The summed E-state index contributed by atoms with van der Waals surface area (Å²) < 4.78 is 16.2. The number of H-pyrrole nitrogens is 1. The van der Waals surface area contributed by atoms with Gasteiger partial charge in [-0.25, -0.2) is 0 Å².